The largest absolute Gasteiger partial charge is 0.433 e. The third-order valence-electron chi connectivity index (χ3n) is 4.73. The Kier molecular flexibility index (Phi) is 6.60. The van der Waals surface area contributed by atoms with Gasteiger partial charge < -0.3 is 4.90 Å². The van der Waals surface area contributed by atoms with Crippen molar-refractivity contribution < 1.29 is 18.0 Å². The number of halogens is 3. The van der Waals surface area contributed by atoms with Gasteiger partial charge in [0.05, 0.1) is 5.69 Å². The second kappa shape index (κ2) is 8.53. The molecule has 1 aromatic heterocycles. The summed E-state index contributed by atoms with van der Waals surface area (Å²) < 4.78 is 38.2. The minimum Gasteiger partial charge on any atom is -0.332 e. The van der Waals surface area contributed by atoms with Gasteiger partial charge in [0.15, 0.2) is 0 Å². The summed E-state index contributed by atoms with van der Waals surface area (Å²) in [6, 6.07) is 5.56. The first-order valence-electron chi connectivity index (χ1n) is 9.04. The van der Waals surface area contributed by atoms with Gasteiger partial charge in [0, 0.05) is 25.2 Å². The number of pyridine rings is 1. The Bertz CT molecular complexity index is 754. The lowest BCUT2D eigenvalue weighted by molar-refractivity contribution is -0.141. The second-order valence-corrected chi connectivity index (χ2v) is 6.20. The van der Waals surface area contributed by atoms with Crippen LogP contribution >= 0.6 is 0 Å². The molecule has 0 spiro atoms. The monoisotopic (exact) mass is 380 g/mol. The van der Waals surface area contributed by atoms with Crippen molar-refractivity contribution in [3.8, 4) is 6.07 Å². The first-order valence-corrected chi connectivity index (χ1v) is 9.04. The molecule has 0 saturated carbocycles. The van der Waals surface area contributed by atoms with Crippen molar-refractivity contribution in [2.45, 2.75) is 45.5 Å². The van der Waals surface area contributed by atoms with Crippen LogP contribution in [0.5, 0.6) is 0 Å². The second-order valence-electron chi connectivity index (χ2n) is 6.20. The van der Waals surface area contributed by atoms with E-state index in [9.17, 15) is 23.2 Å². The lowest BCUT2D eigenvalue weighted by atomic mass is 10.1. The number of likely N-dealkylation sites (N-methyl/N-ethyl adjacent to an activating group) is 1. The Balaban J connectivity index is 0.00000126. The molecule has 3 rings (SSSR count). The van der Waals surface area contributed by atoms with Gasteiger partial charge in [-0.1, -0.05) is 26.8 Å². The number of rotatable bonds is 3. The van der Waals surface area contributed by atoms with E-state index >= 15 is 0 Å². The van der Waals surface area contributed by atoms with Crippen LogP contribution in [0.3, 0.4) is 0 Å². The molecule has 2 bridgehead atoms. The van der Waals surface area contributed by atoms with Crippen molar-refractivity contribution in [3.05, 3.63) is 35.2 Å². The van der Waals surface area contributed by atoms with E-state index in [0.717, 1.165) is 31.7 Å². The highest BCUT2D eigenvalue weighted by molar-refractivity contribution is 6.01. The summed E-state index contributed by atoms with van der Waals surface area (Å²) in [6.07, 6.45) is -2.57. The lowest BCUT2D eigenvalue weighted by Crippen LogP contribution is -2.48. The minimum absolute atomic E-state index is 0.0562. The molecule has 1 amide bonds. The number of carbonyl (C=O) groups is 1. The highest BCUT2D eigenvalue weighted by Gasteiger charge is 2.45. The molecule has 0 aromatic carbocycles. The Morgan fingerprint density at radius 3 is 2.56 bits per heavy atom. The summed E-state index contributed by atoms with van der Waals surface area (Å²) in [5.74, 6) is -0.440. The van der Waals surface area contributed by atoms with Crippen LogP contribution in [0, 0.1) is 11.3 Å². The number of hydrogen-bond donors (Lipinski definition) is 0. The van der Waals surface area contributed by atoms with Gasteiger partial charge in [0.2, 0.25) is 0 Å². The molecule has 0 N–H and O–H groups in total. The molecular formula is C19H23F3N4O. The number of fused-ring (bicyclic) bond motifs is 2. The first kappa shape index (κ1) is 20.9. The molecule has 2 saturated heterocycles. The molecule has 8 heteroatoms. The summed E-state index contributed by atoms with van der Waals surface area (Å²) in [5, 5.41) is 9.29. The minimum atomic E-state index is -4.57. The van der Waals surface area contributed by atoms with Gasteiger partial charge in [-0.2, -0.15) is 18.4 Å². The lowest BCUT2D eigenvalue weighted by Gasteiger charge is -2.33. The van der Waals surface area contributed by atoms with E-state index in [4.69, 9.17) is 0 Å². The zero-order valence-corrected chi connectivity index (χ0v) is 15.6. The van der Waals surface area contributed by atoms with Gasteiger partial charge in [-0.05, 0) is 31.2 Å². The molecule has 2 aliphatic rings. The number of likely N-dealkylation sites (tertiary alicyclic amines) is 2. The fourth-order valence-electron chi connectivity index (χ4n) is 3.52. The number of piperazine rings is 1. The third-order valence-corrected chi connectivity index (χ3v) is 4.73. The van der Waals surface area contributed by atoms with Crippen LogP contribution in [0.2, 0.25) is 0 Å². The Labute approximate surface area is 157 Å². The standard InChI is InChI=1S/C17H17F3N4O.C2H6/c1-2-23-9-14-7-13(23)10-24(14)16(25)11(8-21)6-12-4-3-5-15(22-12)17(18,19)20;1-2/h3-6,13-14H,2,7,9-10H2,1H3;1-2H3/b11-6+;. The van der Waals surface area contributed by atoms with Crippen LogP contribution in [-0.4, -0.2) is 52.4 Å². The van der Waals surface area contributed by atoms with Gasteiger partial charge >= 0.3 is 6.18 Å². The van der Waals surface area contributed by atoms with E-state index in [1.165, 1.54) is 12.1 Å². The number of alkyl halides is 3. The molecule has 2 fully saturated rings. The van der Waals surface area contributed by atoms with E-state index in [-0.39, 0.29) is 17.3 Å². The summed E-state index contributed by atoms with van der Waals surface area (Å²) in [7, 11) is 0. The summed E-state index contributed by atoms with van der Waals surface area (Å²) in [4.78, 5) is 20.0. The van der Waals surface area contributed by atoms with Crippen LogP contribution < -0.4 is 0 Å². The van der Waals surface area contributed by atoms with Gasteiger partial charge in [0.25, 0.3) is 5.91 Å². The van der Waals surface area contributed by atoms with Crippen molar-refractivity contribution in [2.24, 2.45) is 0 Å². The van der Waals surface area contributed by atoms with E-state index in [0.29, 0.717) is 12.6 Å². The van der Waals surface area contributed by atoms with Crippen molar-refractivity contribution in [3.63, 3.8) is 0 Å². The summed E-state index contributed by atoms with van der Waals surface area (Å²) >= 11 is 0. The molecule has 0 aliphatic carbocycles. The molecule has 0 radical (unpaired) electrons. The molecule has 146 valence electrons. The summed E-state index contributed by atoms with van der Waals surface area (Å²) in [6.45, 7) is 8.30. The van der Waals surface area contributed by atoms with Gasteiger partial charge in [-0.25, -0.2) is 4.98 Å². The van der Waals surface area contributed by atoms with Crippen molar-refractivity contribution in [1.82, 2.24) is 14.8 Å². The predicted molar refractivity (Wildman–Crippen MR) is 95.3 cm³/mol. The molecule has 2 aliphatic heterocycles. The molecule has 2 atom stereocenters. The average molecular weight is 380 g/mol. The Morgan fingerprint density at radius 1 is 1.33 bits per heavy atom. The quantitative estimate of drug-likeness (QED) is 0.596. The van der Waals surface area contributed by atoms with Gasteiger partial charge in [0.1, 0.15) is 17.3 Å². The molecule has 27 heavy (non-hydrogen) atoms. The van der Waals surface area contributed by atoms with Gasteiger partial charge in [-0.15, -0.1) is 0 Å². The van der Waals surface area contributed by atoms with Gasteiger partial charge in [-0.3, -0.25) is 9.69 Å². The van der Waals surface area contributed by atoms with Crippen molar-refractivity contribution >= 4 is 12.0 Å². The van der Waals surface area contributed by atoms with Crippen molar-refractivity contribution in [1.29, 1.82) is 5.26 Å². The highest BCUT2D eigenvalue weighted by atomic mass is 19.4. The van der Waals surface area contributed by atoms with Crippen molar-refractivity contribution in [2.75, 3.05) is 19.6 Å². The third kappa shape index (κ3) is 4.48. The maximum atomic E-state index is 12.7. The fraction of sp³-hybridized carbons (Fsp3) is 0.526. The smallest absolute Gasteiger partial charge is 0.332 e. The average Bonchev–Trinajstić information content (AvgIpc) is 3.27. The number of amides is 1. The van der Waals surface area contributed by atoms with Crippen LogP contribution in [-0.2, 0) is 11.0 Å². The number of carbonyl (C=O) groups excluding carboxylic acids is 1. The van der Waals surface area contributed by atoms with Crippen LogP contribution in [0.4, 0.5) is 13.2 Å². The fourth-order valence-corrected chi connectivity index (χ4v) is 3.52. The Morgan fingerprint density at radius 2 is 2.04 bits per heavy atom. The number of nitriles is 1. The number of nitrogens with zero attached hydrogens (tertiary/aromatic N) is 4. The maximum absolute atomic E-state index is 12.7. The molecule has 1 aromatic rings. The number of aromatic nitrogens is 1. The topological polar surface area (TPSA) is 60.2 Å². The molecule has 3 heterocycles. The highest BCUT2D eigenvalue weighted by Crippen LogP contribution is 2.32. The van der Waals surface area contributed by atoms with E-state index < -0.39 is 17.8 Å². The zero-order valence-electron chi connectivity index (χ0n) is 15.6. The maximum Gasteiger partial charge on any atom is 0.433 e. The zero-order chi connectivity index (χ0) is 20.2. The van der Waals surface area contributed by atoms with E-state index in [1.807, 2.05) is 13.8 Å². The normalized spacial score (nSPS) is 22.3. The van der Waals surface area contributed by atoms with Crippen LogP contribution in [0.25, 0.3) is 6.08 Å². The number of hydrogen-bond acceptors (Lipinski definition) is 4. The van der Waals surface area contributed by atoms with E-state index in [1.54, 1.807) is 11.0 Å². The summed E-state index contributed by atoms with van der Waals surface area (Å²) in [5.41, 5.74) is -1.30. The molecule has 2 unspecified atom stereocenters. The predicted octanol–water partition coefficient (Wildman–Crippen LogP) is 3.34. The first-order chi connectivity index (χ1) is 12.8. The SMILES string of the molecule is CC.CCN1CC2CC1CN2C(=O)/C(C#N)=C/c1cccc(C(F)(F)F)n1. The molecular weight excluding hydrogens is 357 g/mol. The molecule has 5 nitrogen and oxygen atoms in total. The van der Waals surface area contributed by atoms with E-state index in [2.05, 4.69) is 16.8 Å². The Hall–Kier alpha value is -2.40. The van der Waals surface area contributed by atoms with Crippen LogP contribution in [0.1, 0.15) is 38.6 Å². The van der Waals surface area contributed by atoms with Crippen LogP contribution in [0.15, 0.2) is 23.8 Å².